The fraction of sp³-hybridized carbons (Fsp3) is 0.192. The molecule has 2 heterocycles. The van der Waals surface area contributed by atoms with Crippen molar-refractivity contribution in [3.63, 3.8) is 0 Å². The SMILES string of the molecule is COc1ccc(F)cc1/C(O)=C1\C(=O)C(=O)N(c2ccc(C(C)C)cc2)C1c1ccncc1. The Kier molecular flexibility index (Phi) is 5.96. The van der Waals surface area contributed by atoms with Gasteiger partial charge in [0.25, 0.3) is 11.7 Å². The number of aliphatic hydroxyl groups excluding tert-OH is 1. The number of ketones is 1. The number of carbonyl (C=O) groups is 2. The maximum absolute atomic E-state index is 14.0. The van der Waals surface area contributed by atoms with Crippen LogP contribution < -0.4 is 9.64 Å². The van der Waals surface area contributed by atoms with Crippen molar-refractivity contribution in [1.29, 1.82) is 0 Å². The second-order valence-corrected chi connectivity index (χ2v) is 8.04. The topological polar surface area (TPSA) is 79.7 Å². The van der Waals surface area contributed by atoms with E-state index in [4.69, 9.17) is 4.74 Å². The van der Waals surface area contributed by atoms with Crippen molar-refractivity contribution in [2.75, 3.05) is 12.0 Å². The molecule has 0 radical (unpaired) electrons. The number of halogens is 1. The van der Waals surface area contributed by atoms with Crippen LogP contribution in [0, 0.1) is 5.82 Å². The molecule has 6 nitrogen and oxygen atoms in total. The van der Waals surface area contributed by atoms with Crippen molar-refractivity contribution >= 4 is 23.1 Å². The number of benzene rings is 2. The third kappa shape index (κ3) is 3.98. The molecule has 168 valence electrons. The summed E-state index contributed by atoms with van der Waals surface area (Å²) < 4.78 is 19.3. The van der Waals surface area contributed by atoms with Gasteiger partial charge in [0.15, 0.2) is 0 Å². The molecule has 1 aliphatic rings. The van der Waals surface area contributed by atoms with E-state index >= 15 is 0 Å². The predicted molar refractivity (Wildman–Crippen MR) is 123 cm³/mol. The van der Waals surface area contributed by atoms with Crippen molar-refractivity contribution in [3.05, 3.63) is 95.1 Å². The summed E-state index contributed by atoms with van der Waals surface area (Å²) in [4.78, 5) is 31.7. The van der Waals surface area contributed by atoms with Crippen LogP contribution in [0.25, 0.3) is 5.76 Å². The Morgan fingerprint density at radius 1 is 1.06 bits per heavy atom. The fourth-order valence-corrected chi connectivity index (χ4v) is 3.99. The summed E-state index contributed by atoms with van der Waals surface area (Å²) in [6.45, 7) is 4.12. The maximum Gasteiger partial charge on any atom is 0.300 e. The molecule has 0 spiro atoms. The van der Waals surface area contributed by atoms with Crippen molar-refractivity contribution < 1.29 is 23.8 Å². The van der Waals surface area contributed by atoms with Crippen LogP contribution in [0.5, 0.6) is 5.75 Å². The highest BCUT2D eigenvalue weighted by Gasteiger charge is 2.47. The van der Waals surface area contributed by atoms with Crippen molar-refractivity contribution in [2.24, 2.45) is 0 Å². The Morgan fingerprint density at radius 2 is 1.73 bits per heavy atom. The van der Waals surface area contributed by atoms with Gasteiger partial charge in [-0.1, -0.05) is 26.0 Å². The Labute approximate surface area is 191 Å². The number of rotatable bonds is 5. The molecule has 1 atom stereocenters. The highest BCUT2D eigenvalue weighted by atomic mass is 19.1. The summed E-state index contributed by atoms with van der Waals surface area (Å²) >= 11 is 0. The van der Waals surface area contributed by atoms with Crippen LogP contribution in [0.15, 0.2) is 72.6 Å². The maximum atomic E-state index is 14.0. The van der Waals surface area contributed by atoms with E-state index in [2.05, 4.69) is 18.8 Å². The number of aromatic nitrogens is 1. The van der Waals surface area contributed by atoms with Crippen molar-refractivity contribution in [2.45, 2.75) is 25.8 Å². The first kappa shape index (κ1) is 22.2. The van der Waals surface area contributed by atoms with Gasteiger partial charge in [0.1, 0.15) is 17.3 Å². The zero-order chi connectivity index (χ0) is 23.7. The van der Waals surface area contributed by atoms with Gasteiger partial charge in [-0.15, -0.1) is 0 Å². The molecule has 1 fully saturated rings. The Balaban J connectivity index is 1.94. The van der Waals surface area contributed by atoms with Gasteiger partial charge in [0.05, 0.1) is 24.3 Å². The number of Topliss-reactive ketones (excluding diaryl/α,β-unsaturated/α-hetero) is 1. The van der Waals surface area contributed by atoms with Gasteiger partial charge in [-0.2, -0.15) is 0 Å². The van der Waals surface area contributed by atoms with E-state index in [0.29, 0.717) is 17.2 Å². The average Bonchev–Trinajstić information content (AvgIpc) is 3.09. The molecule has 7 heteroatoms. The minimum atomic E-state index is -0.925. The summed E-state index contributed by atoms with van der Waals surface area (Å²) in [5.41, 5.74) is 2.01. The van der Waals surface area contributed by atoms with Crippen LogP contribution in [-0.4, -0.2) is 28.9 Å². The number of methoxy groups -OCH3 is 1. The number of ether oxygens (including phenoxy) is 1. The van der Waals surface area contributed by atoms with Crippen LogP contribution >= 0.6 is 0 Å². The molecule has 0 bridgehead atoms. The molecular formula is C26H23FN2O4. The predicted octanol–water partition coefficient (Wildman–Crippen LogP) is 4.98. The molecule has 1 amide bonds. The first-order chi connectivity index (χ1) is 15.8. The van der Waals surface area contributed by atoms with Gasteiger partial charge in [-0.3, -0.25) is 19.5 Å². The quantitative estimate of drug-likeness (QED) is 0.340. The van der Waals surface area contributed by atoms with E-state index in [1.807, 2.05) is 12.1 Å². The zero-order valence-corrected chi connectivity index (χ0v) is 18.4. The van der Waals surface area contributed by atoms with Crippen molar-refractivity contribution in [1.82, 2.24) is 4.98 Å². The zero-order valence-electron chi connectivity index (χ0n) is 18.4. The summed E-state index contributed by atoms with van der Waals surface area (Å²) in [5.74, 6) is -2.30. The van der Waals surface area contributed by atoms with Crippen LogP contribution in [0.3, 0.4) is 0 Å². The molecule has 1 aliphatic heterocycles. The number of hydrogen-bond donors (Lipinski definition) is 1. The number of amides is 1. The van der Waals surface area contributed by atoms with E-state index in [0.717, 1.165) is 11.6 Å². The number of pyridine rings is 1. The largest absolute Gasteiger partial charge is 0.507 e. The lowest BCUT2D eigenvalue weighted by Gasteiger charge is -2.25. The van der Waals surface area contributed by atoms with Crippen LogP contribution in [-0.2, 0) is 9.59 Å². The Hall–Kier alpha value is -4.00. The lowest BCUT2D eigenvalue weighted by Crippen LogP contribution is -2.29. The molecule has 2 aromatic carbocycles. The first-order valence-corrected chi connectivity index (χ1v) is 10.5. The normalized spacial score (nSPS) is 17.6. The molecule has 4 rings (SSSR count). The van der Waals surface area contributed by atoms with E-state index in [-0.39, 0.29) is 16.9 Å². The van der Waals surface area contributed by atoms with Gasteiger partial charge < -0.3 is 9.84 Å². The standard InChI is InChI=1S/C26H23FN2O4/c1-15(2)16-4-7-19(8-5-16)29-23(17-10-12-28-13-11-17)22(25(31)26(29)32)24(30)20-14-18(27)6-9-21(20)33-3/h4-15,23,30H,1-3H3/b24-22+. The molecule has 1 saturated heterocycles. The van der Waals surface area contributed by atoms with E-state index in [1.54, 1.807) is 36.7 Å². The second kappa shape index (κ2) is 8.86. The van der Waals surface area contributed by atoms with Gasteiger partial charge in [-0.25, -0.2) is 4.39 Å². The van der Waals surface area contributed by atoms with Gasteiger partial charge in [0.2, 0.25) is 0 Å². The number of carbonyl (C=O) groups excluding carboxylic acids is 2. The molecule has 3 aromatic rings. The third-order valence-electron chi connectivity index (χ3n) is 5.72. The fourth-order valence-electron chi connectivity index (χ4n) is 3.99. The van der Waals surface area contributed by atoms with Gasteiger partial charge in [-0.05, 0) is 59.5 Å². The lowest BCUT2D eigenvalue weighted by atomic mass is 9.95. The van der Waals surface area contributed by atoms with Crippen LogP contribution in [0.4, 0.5) is 10.1 Å². The summed E-state index contributed by atoms with van der Waals surface area (Å²) in [7, 11) is 1.37. The first-order valence-electron chi connectivity index (χ1n) is 10.5. The molecule has 1 aromatic heterocycles. The minimum absolute atomic E-state index is 0.00953. The second-order valence-electron chi connectivity index (χ2n) is 8.04. The summed E-state index contributed by atoms with van der Waals surface area (Å²) in [6.07, 6.45) is 3.08. The highest BCUT2D eigenvalue weighted by Crippen LogP contribution is 2.43. The minimum Gasteiger partial charge on any atom is -0.507 e. The molecule has 0 aliphatic carbocycles. The highest BCUT2D eigenvalue weighted by molar-refractivity contribution is 6.51. The molecule has 1 unspecified atom stereocenters. The number of hydrogen-bond acceptors (Lipinski definition) is 5. The molecule has 1 N–H and O–H groups in total. The molecule has 0 saturated carbocycles. The summed E-state index contributed by atoms with van der Waals surface area (Å²) in [6, 6.07) is 13.4. The molecular weight excluding hydrogens is 423 g/mol. The Morgan fingerprint density at radius 3 is 2.33 bits per heavy atom. The van der Waals surface area contributed by atoms with Crippen LogP contribution in [0.2, 0.25) is 0 Å². The van der Waals surface area contributed by atoms with E-state index in [9.17, 15) is 19.1 Å². The number of aliphatic hydroxyl groups is 1. The monoisotopic (exact) mass is 446 g/mol. The Bertz CT molecular complexity index is 1240. The van der Waals surface area contributed by atoms with E-state index in [1.165, 1.54) is 24.1 Å². The lowest BCUT2D eigenvalue weighted by molar-refractivity contribution is -0.132. The van der Waals surface area contributed by atoms with Crippen molar-refractivity contribution in [3.8, 4) is 5.75 Å². The van der Waals surface area contributed by atoms with Gasteiger partial charge >= 0.3 is 0 Å². The van der Waals surface area contributed by atoms with E-state index < -0.39 is 29.3 Å². The number of anilines is 1. The summed E-state index contributed by atoms with van der Waals surface area (Å²) in [5, 5.41) is 11.2. The number of nitrogens with zero attached hydrogens (tertiary/aromatic N) is 2. The smallest absolute Gasteiger partial charge is 0.300 e. The average molecular weight is 446 g/mol. The third-order valence-corrected chi connectivity index (χ3v) is 5.72. The van der Waals surface area contributed by atoms with Gasteiger partial charge in [0, 0.05) is 18.1 Å². The molecule has 33 heavy (non-hydrogen) atoms. The van der Waals surface area contributed by atoms with Crippen LogP contribution in [0.1, 0.15) is 42.5 Å².